The minimum Gasteiger partial charge on any atom is -0.461 e. The maximum Gasteiger partial charge on any atom is 0.238 e. The molecule has 0 bridgehead atoms. The van der Waals surface area contributed by atoms with Crippen LogP contribution in [0.25, 0.3) is 11.6 Å². The van der Waals surface area contributed by atoms with E-state index in [2.05, 4.69) is 10.1 Å². The van der Waals surface area contributed by atoms with Crippen molar-refractivity contribution in [1.82, 2.24) is 10.1 Å². The maximum atomic E-state index is 11.6. The first-order valence-electron chi connectivity index (χ1n) is 5.89. The SMILES string of the molecule is CC(=O)C(c1nc(-c2occc2C)no1)C(C)C. The van der Waals surface area contributed by atoms with E-state index >= 15 is 0 Å². The van der Waals surface area contributed by atoms with Crippen molar-refractivity contribution in [3.05, 3.63) is 23.8 Å². The molecule has 0 aliphatic carbocycles. The molecular formula is C13H16N2O3. The summed E-state index contributed by atoms with van der Waals surface area (Å²) in [5, 5.41) is 3.87. The summed E-state index contributed by atoms with van der Waals surface area (Å²) in [4.78, 5) is 15.9. The van der Waals surface area contributed by atoms with Crippen LogP contribution in [0.15, 0.2) is 21.3 Å². The lowest BCUT2D eigenvalue weighted by atomic mass is 9.92. The molecule has 2 aromatic rings. The van der Waals surface area contributed by atoms with Gasteiger partial charge in [0.25, 0.3) is 0 Å². The van der Waals surface area contributed by atoms with Crippen molar-refractivity contribution >= 4 is 5.78 Å². The van der Waals surface area contributed by atoms with E-state index in [0.29, 0.717) is 17.5 Å². The number of furan rings is 1. The smallest absolute Gasteiger partial charge is 0.238 e. The molecule has 5 heteroatoms. The Bertz CT molecular complexity index is 554. The van der Waals surface area contributed by atoms with Crippen molar-refractivity contribution in [2.45, 2.75) is 33.6 Å². The number of ketones is 1. The van der Waals surface area contributed by atoms with Gasteiger partial charge in [0.2, 0.25) is 11.7 Å². The predicted molar refractivity (Wildman–Crippen MR) is 65.0 cm³/mol. The van der Waals surface area contributed by atoms with E-state index in [1.54, 1.807) is 6.26 Å². The first-order chi connectivity index (χ1) is 8.50. The molecule has 0 saturated carbocycles. The van der Waals surface area contributed by atoms with E-state index in [4.69, 9.17) is 8.94 Å². The van der Waals surface area contributed by atoms with Crippen molar-refractivity contribution in [1.29, 1.82) is 0 Å². The lowest BCUT2D eigenvalue weighted by Gasteiger charge is -2.12. The molecule has 2 aromatic heterocycles. The van der Waals surface area contributed by atoms with Crippen LogP contribution in [0.2, 0.25) is 0 Å². The Hall–Kier alpha value is -1.91. The van der Waals surface area contributed by atoms with Crippen molar-refractivity contribution in [3.63, 3.8) is 0 Å². The van der Waals surface area contributed by atoms with Crippen LogP contribution in [-0.2, 0) is 4.79 Å². The topological polar surface area (TPSA) is 69.1 Å². The van der Waals surface area contributed by atoms with Crippen LogP contribution in [0.3, 0.4) is 0 Å². The Balaban J connectivity index is 2.36. The monoisotopic (exact) mass is 248 g/mol. The molecule has 0 N–H and O–H groups in total. The fourth-order valence-corrected chi connectivity index (χ4v) is 1.98. The van der Waals surface area contributed by atoms with Crippen molar-refractivity contribution in [3.8, 4) is 11.6 Å². The standard InChI is InChI=1S/C13H16N2O3/c1-7(2)10(9(4)16)13-14-12(15-18-13)11-8(3)5-6-17-11/h5-7,10H,1-4H3. The summed E-state index contributed by atoms with van der Waals surface area (Å²) in [5.74, 6) is 1.10. The van der Waals surface area contributed by atoms with E-state index in [-0.39, 0.29) is 17.6 Å². The second kappa shape index (κ2) is 4.76. The summed E-state index contributed by atoms with van der Waals surface area (Å²) in [6, 6.07) is 1.83. The first-order valence-corrected chi connectivity index (χ1v) is 5.89. The van der Waals surface area contributed by atoms with Crippen LogP contribution in [0.1, 0.15) is 38.1 Å². The van der Waals surface area contributed by atoms with Gasteiger partial charge in [-0.2, -0.15) is 4.98 Å². The van der Waals surface area contributed by atoms with E-state index in [1.807, 2.05) is 26.8 Å². The summed E-state index contributed by atoms with van der Waals surface area (Å²) in [5.41, 5.74) is 0.936. The zero-order valence-electron chi connectivity index (χ0n) is 10.9. The van der Waals surface area contributed by atoms with Gasteiger partial charge in [-0.1, -0.05) is 19.0 Å². The fourth-order valence-electron chi connectivity index (χ4n) is 1.98. The third-order valence-corrected chi connectivity index (χ3v) is 2.88. The van der Waals surface area contributed by atoms with Crippen LogP contribution in [-0.4, -0.2) is 15.9 Å². The van der Waals surface area contributed by atoms with Crippen LogP contribution in [0.4, 0.5) is 0 Å². The molecule has 0 spiro atoms. The molecule has 5 nitrogen and oxygen atoms in total. The van der Waals surface area contributed by atoms with E-state index in [9.17, 15) is 4.79 Å². The normalized spacial score (nSPS) is 12.9. The Morgan fingerprint density at radius 1 is 1.39 bits per heavy atom. The van der Waals surface area contributed by atoms with E-state index in [1.165, 1.54) is 6.92 Å². The van der Waals surface area contributed by atoms with E-state index in [0.717, 1.165) is 5.56 Å². The molecule has 96 valence electrons. The highest BCUT2D eigenvalue weighted by molar-refractivity contribution is 5.82. The van der Waals surface area contributed by atoms with Gasteiger partial charge in [-0.3, -0.25) is 4.79 Å². The van der Waals surface area contributed by atoms with E-state index < -0.39 is 0 Å². The second-order valence-electron chi connectivity index (χ2n) is 4.72. The quantitative estimate of drug-likeness (QED) is 0.831. The van der Waals surface area contributed by atoms with Gasteiger partial charge in [-0.25, -0.2) is 0 Å². The lowest BCUT2D eigenvalue weighted by Crippen LogP contribution is -2.15. The largest absolute Gasteiger partial charge is 0.461 e. The highest BCUT2D eigenvalue weighted by Crippen LogP contribution is 2.27. The van der Waals surface area contributed by atoms with Gasteiger partial charge in [0.05, 0.1) is 12.2 Å². The Kier molecular flexibility index (Phi) is 3.32. The molecular weight excluding hydrogens is 232 g/mol. The summed E-state index contributed by atoms with van der Waals surface area (Å²) in [6.07, 6.45) is 1.58. The first kappa shape index (κ1) is 12.5. The Morgan fingerprint density at radius 3 is 2.61 bits per heavy atom. The van der Waals surface area contributed by atoms with Gasteiger partial charge < -0.3 is 8.94 Å². The zero-order chi connectivity index (χ0) is 13.3. The molecule has 1 atom stereocenters. The van der Waals surface area contributed by atoms with Crippen LogP contribution < -0.4 is 0 Å². The van der Waals surface area contributed by atoms with Gasteiger partial charge in [0.1, 0.15) is 5.78 Å². The molecule has 0 saturated heterocycles. The minimum absolute atomic E-state index is 0.0244. The summed E-state index contributed by atoms with van der Waals surface area (Å²) < 4.78 is 10.5. The van der Waals surface area contributed by atoms with Gasteiger partial charge in [0.15, 0.2) is 5.76 Å². The van der Waals surface area contributed by atoms with Gasteiger partial charge in [0, 0.05) is 0 Å². The molecule has 0 fully saturated rings. The average molecular weight is 248 g/mol. The highest BCUT2D eigenvalue weighted by Gasteiger charge is 2.27. The van der Waals surface area contributed by atoms with Crippen molar-refractivity contribution in [2.24, 2.45) is 5.92 Å². The molecule has 2 rings (SSSR count). The number of rotatable bonds is 4. The average Bonchev–Trinajstić information content (AvgIpc) is 2.85. The lowest BCUT2D eigenvalue weighted by molar-refractivity contribution is -0.119. The Labute approximate surface area is 105 Å². The number of carbonyl (C=O) groups excluding carboxylic acids is 1. The number of carbonyl (C=O) groups is 1. The molecule has 1 unspecified atom stereocenters. The summed E-state index contributed by atoms with van der Waals surface area (Å²) in [7, 11) is 0. The fraction of sp³-hybridized carbons (Fsp3) is 0.462. The number of hydrogen-bond donors (Lipinski definition) is 0. The van der Waals surface area contributed by atoms with Crippen LogP contribution >= 0.6 is 0 Å². The van der Waals surface area contributed by atoms with Crippen molar-refractivity contribution < 1.29 is 13.7 Å². The second-order valence-corrected chi connectivity index (χ2v) is 4.72. The van der Waals surface area contributed by atoms with Crippen molar-refractivity contribution in [2.75, 3.05) is 0 Å². The van der Waals surface area contributed by atoms with Gasteiger partial charge >= 0.3 is 0 Å². The third kappa shape index (κ3) is 2.20. The molecule has 18 heavy (non-hydrogen) atoms. The number of aryl methyl sites for hydroxylation is 1. The molecule has 0 radical (unpaired) electrons. The number of aromatic nitrogens is 2. The predicted octanol–water partition coefficient (Wildman–Crippen LogP) is 2.97. The Morgan fingerprint density at radius 2 is 2.11 bits per heavy atom. The maximum absolute atomic E-state index is 11.6. The summed E-state index contributed by atoms with van der Waals surface area (Å²) >= 11 is 0. The van der Waals surface area contributed by atoms with Crippen LogP contribution in [0, 0.1) is 12.8 Å². The molecule has 0 aromatic carbocycles. The molecule has 0 aliphatic rings. The minimum atomic E-state index is -0.360. The van der Waals surface area contributed by atoms with Gasteiger partial charge in [-0.15, -0.1) is 0 Å². The number of Topliss-reactive ketones (excluding diaryl/α,β-unsaturated/α-hetero) is 1. The zero-order valence-corrected chi connectivity index (χ0v) is 10.9. The third-order valence-electron chi connectivity index (χ3n) is 2.88. The molecule has 2 heterocycles. The van der Waals surface area contributed by atoms with Gasteiger partial charge in [-0.05, 0) is 31.4 Å². The summed E-state index contributed by atoms with van der Waals surface area (Å²) in [6.45, 7) is 7.34. The molecule has 0 aliphatic heterocycles. The molecule has 0 amide bonds. The highest BCUT2D eigenvalue weighted by atomic mass is 16.5. The number of hydrogen-bond acceptors (Lipinski definition) is 5. The van der Waals surface area contributed by atoms with Crippen LogP contribution in [0.5, 0.6) is 0 Å². The number of nitrogens with zero attached hydrogens (tertiary/aromatic N) is 2.